The Bertz CT molecular complexity index is 1220. The van der Waals surface area contributed by atoms with Gasteiger partial charge in [0.25, 0.3) is 0 Å². The number of alkyl halides is 3. The lowest BCUT2D eigenvalue weighted by Gasteiger charge is -2.19. The third-order valence-corrected chi connectivity index (χ3v) is 6.31. The Morgan fingerprint density at radius 1 is 1.00 bits per heavy atom. The molecule has 0 aliphatic rings. The number of aromatic nitrogens is 1. The summed E-state index contributed by atoms with van der Waals surface area (Å²) in [5.74, 6) is -0.385. The summed E-state index contributed by atoms with van der Waals surface area (Å²) in [6, 6.07) is 16.3. The minimum Gasteiger partial charge on any atom is -0.382 e. The molecule has 2 aromatic carbocycles. The van der Waals surface area contributed by atoms with Gasteiger partial charge in [-0.25, -0.2) is 0 Å². The molecule has 3 aromatic rings. The normalized spacial score (nSPS) is 11.5. The zero-order valence-electron chi connectivity index (χ0n) is 21.9. The molecule has 9 heteroatoms. The van der Waals surface area contributed by atoms with Crippen LogP contribution < -0.4 is 0 Å². The predicted octanol–water partition coefficient (Wildman–Crippen LogP) is 5.42. The van der Waals surface area contributed by atoms with Gasteiger partial charge in [0.1, 0.15) is 6.61 Å². The van der Waals surface area contributed by atoms with Crippen molar-refractivity contribution in [3.63, 3.8) is 0 Å². The van der Waals surface area contributed by atoms with Crippen LogP contribution in [0, 0.1) is 6.92 Å². The number of ketones is 1. The van der Waals surface area contributed by atoms with E-state index in [1.54, 1.807) is 25.1 Å². The molecule has 0 saturated heterocycles. The van der Waals surface area contributed by atoms with Gasteiger partial charge in [-0.3, -0.25) is 9.59 Å². The molecule has 1 heterocycles. The third kappa shape index (κ3) is 7.79. The summed E-state index contributed by atoms with van der Waals surface area (Å²) in [5, 5.41) is 0. The molecule has 0 saturated carbocycles. The van der Waals surface area contributed by atoms with Gasteiger partial charge in [-0.1, -0.05) is 48.5 Å². The van der Waals surface area contributed by atoms with Crippen molar-refractivity contribution in [2.45, 2.75) is 32.5 Å². The monoisotopic (exact) mass is 530 g/mol. The molecular formula is C29H33F3N2O4. The molecule has 0 unspecified atom stereocenters. The quantitative estimate of drug-likeness (QED) is 0.219. The molecule has 0 fully saturated rings. The lowest BCUT2D eigenvalue weighted by atomic mass is 10.0. The van der Waals surface area contributed by atoms with Crippen LogP contribution in [0.25, 0.3) is 11.3 Å². The van der Waals surface area contributed by atoms with Crippen molar-refractivity contribution in [3.05, 3.63) is 83.0 Å². The van der Waals surface area contributed by atoms with Gasteiger partial charge in [0.15, 0.2) is 5.78 Å². The topological polar surface area (TPSA) is 60.8 Å². The number of ether oxygens (including phenoxy) is 2. The summed E-state index contributed by atoms with van der Waals surface area (Å²) < 4.78 is 51.6. The zero-order chi connectivity index (χ0) is 27.7. The number of likely N-dealkylation sites (N-methyl/N-ethyl adjacent to an activating group) is 1. The maximum atomic E-state index is 13.2. The molecule has 0 aliphatic heterocycles. The average molecular weight is 531 g/mol. The second kappa shape index (κ2) is 13.4. The molecule has 0 spiro atoms. The van der Waals surface area contributed by atoms with Crippen molar-refractivity contribution < 1.29 is 32.2 Å². The summed E-state index contributed by atoms with van der Waals surface area (Å²) in [5.41, 5.74) is 2.50. The van der Waals surface area contributed by atoms with Crippen LogP contribution in [0.4, 0.5) is 13.2 Å². The fourth-order valence-corrected chi connectivity index (χ4v) is 4.20. The van der Waals surface area contributed by atoms with Crippen molar-refractivity contribution in [1.82, 2.24) is 9.47 Å². The number of carbonyl (C=O) groups is 2. The molecule has 0 radical (unpaired) electrons. The molecule has 38 heavy (non-hydrogen) atoms. The largest absolute Gasteiger partial charge is 0.416 e. The van der Waals surface area contributed by atoms with Crippen LogP contribution in [-0.4, -0.2) is 61.7 Å². The number of hydrogen-bond donors (Lipinski definition) is 0. The number of amides is 1. The van der Waals surface area contributed by atoms with Gasteiger partial charge in [-0.15, -0.1) is 0 Å². The maximum Gasteiger partial charge on any atom is 0.416 e. The van der Waals surface area contributed by atoms with Gasteiger partial charge in [-0.2, -0.15) is 13.2 Å². The number of rotatable bonds is 13. The van der Waals surface area contributed by atoms with Crippen molar-refractivity contribution in [1.29, 1.82) is 0 Å². The van der Waals surface area contributed by atoms with Crippen LogP contribution in [-0.2, 0) is 33.4 Å². The molecule has 1 amide bonds. The van der Waals surface area contributed by atoms with Gasteiger partial charge in [0.05, 0.1) is 18.8 Å². The Morgan fingerprint density at radius 2 is 1.74 bits per heavy atom. The van der Waals surface area contributed by atoms with E-state index in [-0.39, 0.29) is 24.7 Å². The van der Waals surface area contributed by atoms with E-state index in [9.17, 15) is 22.8 Å². The first kappa shape index (κ1) is 29.1. The molecule has 0 aliphatic carbocycles. The third-order valence-electron chi connectivity index (χ3n) is 6.31. The summed E-state index contributed by atoms with van der Waals surface area (Å²) in [7, 11) is 3.28. The number of nitrogens with zero attached hydrogens (tertiary/aromatic N) is 2. The van der Waals surface area contributed by atoms with Crippen LogP contribution in [0.15, 0.2) is 60.7 Å². The Hall–Kier alpha value is -3.43. The van der Waals surface area contributed by atoms with Gasteiger partial charge >= 0.3 is 6.18 Å². The van der Waals surface area contributed by atoms with E-state index >= 15 is 0 Å². The summed E-state index contributed by atoms with van der Waals surface area (Å²) in [6.45, 7) is 3.62. The lowest BCUT2D eigenvalue weighted by Crippen LogP contribution is -2.32. The maximum absolute atomic E-state index is 13.2. The smallest absolute Gasteiger partial charge is 0.382 e. The molecule has 204 valence electrons. The first-order chi connectivity index (χ1) is 18.1. The first-order valence-corrected chi connectivity index (χ1v) is 12.4. The van der Waals surface area contributed by atoms with Crippen LogP contribution in [0.5, 0.6) is 0 Å². The predicted molar refractivity (Wildman–Crippen MR) is 139 cm³/mol. The lowest BCUT2D eigenvalue weighted by molar-refractivity contribution is -0.137. The first-order valence-electron chi connectivity index (χ1n) is 12.4. The highest BCUT2D eigenvalue weighted by molar-refractivity contribution is 6.00. The SMILES string of the molecule is COCCOCC(=O)N(C)CCCn1c(-c2ccccc2)cc(C(=O)Cc2cccc(C(F)(F)F)c2)c1C. The van der Waals surface area contributed by atoms with Crippen molar-refractivity contribution >= 4 is 11.7 Å². The van der Waals surface area contributed by atoms with Crippen molar-refractivity contribution in [2.75, 3.05) is 40.5 Å². The molecule has 6 nitrogen and oxygen atoms in total. The Balaban J connectivity index is 1.76. The summed E-state index contributed by atoms with van der Waals surface area (Å²) in [6.07, 6.45) is -3.97. The molecule has 1 aromatic heterocycles. The molecule has 0 bridgehead atoms. The Labute approximate surface area is 221 Å². The van der Waals surface area contributed by atoms with E-state index in [4.69, 9.17) is 9.47 Å². The molecular weight excluding hydrogens is 497 g/mol. The standard InChI is InChI=1S/C29H33F3N2O4/c1-21-25(27(35)18-22-9-7-12-24(17-22)29(30,31)32)19-26(23-10-5-4-6-11-23)34(21)14-8-13-33(2)28(36)20-38-16-15-37-3/h4-7,9-12,17,19H,8,13-16,18,20H2,1-3H3. The number of halogens is 3. The highest BCUT2D eigenvalue weighted by Gasteiger charge is 2.30. The molecule has 0 N–H and O–H groups in total. The zero-order valence-corrected chi connectivity index (χ0v) is 21.9. The van der Waals surface area contributed by atoms with Crippen LogP contribution in [0.2, 0.25) is 0 Å². The van der Waals surface area contributed by atoms with Crippen molar-refractivity contribution in [3.8, 4) is 11.3 Å². The molecule has 0 atom stereocenters. The fourth-order valence-electron chi connectivity index (χ4n) is 4.20. The minimum atomic E-state index is -4.47. The Morgan fingerprint density at radius 3 is 2.42 bits per heavy atom. The molecule has 3 rings (SSSR count). The van der Waals surface area contributed by atoms with E-state index < -0.39 is 11.7 Å². The number of benzene rings is 2. The van der Waals surface area contributed by atoms with Gasteiger partial charge < -0.3 is 18.9 Å². The van der Waals surface area contributed by atoms with Gasteiger partial charge in [-0.05, 0) is 36.6 Å². The van der Waals surface area contributed by atoms with E-state index in [2.05, 4.69) is 0 Å². The van der Waals surface area contributed by atoms with E-state index in [0.717, 1.165) is 29.1 Å². The highest BCUT2D eigenvalue weighted by Crippen LogP contribution is 2.31. The van der Waals surface area contributed by atoms with E-state index in [1.165, 1.54) is 12.1 Å². The summed E-state index contributed by atoms with van der Waals surface area (Å²) >= 11 is 0. The van der Waals surface area contributed by atoms with Crippen LogP contribution >= 0.6 is 0 Å². The van der Waals surface area contributed by atoms with Crippen LogP contribution in [0.3, 0.4) is 0 Å². The van der Waals surface area contributed by atoms with Gasteiger partial charge in [0, 0.05) is 50.6 Å². The summed E-state index contributed by atoms with van der Waals surface area (Å²) in [4.78, 5) is 27.1. The van der Waals surface area contributed by atoms with Gasteiger partial charge in [0.2, 0.25) is 5.91 Å². The average Bonchev–Trinajstić information content (AvgIpc) is 3.22. The fraction of sp³-hybridized carbons (Fsp3) is 0.379. The van der Waals surface area contributed by atoms with Crippen molar-refractivity contribution in [2.24, 2.45) is 0 Å². The highest BCUT2D eigenvalue weighted by atomic mass is 19.4. The number of hydrogen-bond acceptors (Lipinski definition) is 4. The second-order valence-electron chi connectivity index (χ2n) is 9.06. The number of Topliss-reactive ketones (excluding diaryl/α,β-unsaturated/α-hetero) is 1. The van der Waals surface area contributed by atoms with E-state index in [1.807, 2.05) is 41.8 Å². The minimum absolute atomic E-state index is 0.0220. The number of carbonyl (C=O) groups excluding carboxylic acids is 2. The second-order valence-corrected chi connectivity index (χ2v) is 9.06. The Kier molecular flexibility index (Phi) is 10.3. The van der Waals surface area contributed by atoms with E-state index in [0.29, 0.717) is 43.9 Å². The van der Waals surface area contributed by atoms with Crippen LogP contribution in [0.1, 0.15) is 33.6 Å². The number of methoxy groups -OCH3 is 1.